The van der Waals surface area contributed by atoms with E-state index in [-0.39, 0.29) is 5.41 Å². The van der Waals surface area contributed by atoms with E-state index in [2.05, 4.69) is 34.5 Å². The Labute approximate surface area is 183 Å². The average molecular weight is 422 g/mol. The molecular formula is C25H28ClN3O. The lowest BCUT2D eigenvalue weighted by Gasteiger charge is -2.38. The summed E-state index contributed by atoms with van der Waals surface area (Å²) in [6, 6.07) is 13.1. The fraction of sp³-hybridized carbons (Fsp3) is 0.480. The number of fused-ring (bicyclic) bond motifs is 7. The van der Waals surface area contributed by atoms with Crippen molar-refractivity contribution in [1.29, 1.82) is 0 Å². The Balaban J connectivity index is 1.56. The summed E-state index contributed by atoms with van der Waals surface area (Å²) in [4.78, 5) is 7.20. The summed E-state index contributed by atoms with van der Waals surface area (Å²) in [5.74, 6) is 1.64. The number of halogens is 1. The highest BCUT2D eigenvalue weighted by Crippen LogP contribution is 2.57. The minimum atomic E-state index is -0.892. The summed E-state index contributed by atoms with van der Waals surface area (Å²) in [5.41, 5.74) is 5.71. The Morgan fingerprint density at radius 2 is 1.83 bits per heavy atom. The van der Waals surface area contributed by atoms with Crippen LogP contribution in [0.2, 0.25) is 5.02 Å². The molecule has 2 fully saturated rings. The molecule has 1 spiro atoms. The summed E-state index contributed by atoms with van der Waals surface area (Å²) in [5, 5.41) is 15.0. The SMILES string of the molecule is OC1N=C2N(c3cc(C4CCNCC4)ccc3C23CCCCC3)c2cccc(Cl)c21. The van der Waals surface area contributed by atoms with Gasteiger partial charge in [0.15, 0.2) is 6.23 Å². The summed E-state index contributed by atoms with van der Waals surface area (Å²) in [6.07, 6.45) is 7.38. The molecule has 0 amide bonds. The monoisotopic (exact) mass is 421 g/mol. The molecule has 30 heavy (non-hydrogen) atoms. The van der Waals surface area contributed by atoms with Crippen LogP contribution >= 0.6 is 11.6 Å². The standard InChI is InChI=1S/C25H28ClN3O/c26-19-5-4-6-20-22(19)23(30)28-24-25(11-2-1-3-12-25)18-8-7-17(15-21(18)29(20)24)16-9-13-27-14-10-16/h4-8,15-16,23,27,30H,1-3,9-14H2. The number of nitrogens with zero attached hydrogens (tertiary/aromatic N) is 2. The lowest BCUT2D eigenvalue weighted by atomic mass is 9.69. The van der Waals surface area contributed by atoms with Gasteiger partial charge in [-0.3, -0.25) is 4.90 Å². The van der Waals surface area contributed by atoms with Gasteiger partial charge < -0.3 is 10.4 Å². The first-order chi connectivity index (χ1) is 14.7. The number of aliphatic imine (C=N–C) groups is 1. The lowest BCUT2D eigenvalue weighted by Crippen LogP contribution is -2.42. The Bertz CT molecular complexity index is 1020. The highest BCUT2D eigenvalue weighted by molar-refractivity contribution is 6.32. The van der Waals surface area contributed by atoms with Crippen LogP contribution in [0.4, 0.5) is 11.4 Å². The van der Waals surface area contributed by atoms with Crippen molar-refractivity contribution in [2.45, 2.75) is 62.5 Å². The summed E-state index contributed by atoms with van der Waals surface area (Å²) in [6.45, 7) is 2.18. The Morgan fingerprint density at radius 3 is 2.63 bits per heavy atom. The van der Waals surface area contributed by atoms with E-state index < -0.39 is 6.23 Å². The van der Waals surface area contributed by atoms with Gasteiger partial charge in [0.05, 0.1) is 21.8 Å². The molecule has 1 unspecified atom stereocenters. The number of aliphatic hydroxyl groups excluding tert-OH is 1. The van der Waals surface area contributed by atoms with E-state index in [4.69, 9.17) is 16.6 Å². The van der Waals surface area contributed by atoms with Crippen LogP contribution < -0.4 is 10.2 Å². The number of aliphatic hydroxyl groups is 1. The van der Waals surface area contributed by atoms with Gasteiger partial charge >= 0.3 is 0 Å². The number of benzene rings is 2. The quantitative estimate of drug-likeness (QED) is 0.633. The first kappa shape index (κ1) is 18.9. The minimum Gasteiger partial charge on any atom is -0.368 e. The van der Waals surface area contributed by atoms with Gasteiger partial charge in [-0.25, -0.2) is 4.99 Å². The van der Waals surface area contributed by atoms with Gasteiger partial charge in [0.2, 0.25) is 0 Å². The van der Waals surface area contributed by atoms with Crippen molar-refractivity contribution in [3.63, 3.8) is 0 Å². The molecule has 0 aromatic heterocycles. The van der Waals surface area contributed by atoms with Crippen molar-refractivity contribution >= 4 is 28.8 Å². The largest absolute Gasteiger partial charge is 0.368 e. The topological polar surface area (TPSA) is 47.9 Å². The molecule has 3 aliphatic heterocycles. The number of hydrogen-bond donors (Lipinski definition) is 2. The van der Waals surface area contributed by atoms with Gasteiger partial charge in [0, 0.05) is 5.56 Å². The van der Waals surface area contributed by atoms with E-state index in [9.17, 15) is 5.11 Å². The number of nitrogens with one attached hydrogen (secondary N) is 1. The number of piperidine rings is 1. The first-order valence-corrected chi connectivity index (χ1v) is 11.8. The van der Waals surface area contributed by atoms with E-state index in [1.54, 1.807) is 0 Å². The van der Waals surface area contributed by atoms with Gasteiger partial charge in [0.25, 0.3) is 0 Å². The minimum absolute atomic E-state index is 0.0821. The van der Waals surface area contributed by atoms with Crippen LogP contribution in [0.3, 0.4) is 0 Å². The van der Waals surface area contributed by atoms with E-state index >= 15 is 0 Å². The predicted octanol–water partition coefficient (Wildman–Crippen LogP) is 5.56. The fourth-order valence-electron chi connectivity index (χ4n) is 6.23. The highest BCUT2D eigenvalue weighted by Gasteiger charge is 2.52. The van der Waals surface area contributed by atoms with Gasteiger partial charge in [-0.15, -0.1) is 0 Å². The third-order valence-corrected chi connectivity index (χ3v) is 8.04. The second kappa shape index (κ2) is 7.08. The van der Waals surface area contributed by atoms with Crippen molar-refractivity contribution in [3.8, 4) is 0 Å². The molecule has 6 rings (SSSR count). The molecule has 0 bridgehead atoms. The summed E-state index contributed by atoms with van der Waals surface area (Å²) < 4.78 is 0. The molecule has 3 heterocycles. The molecule has 5 heteroatoms. The van der Waals surface area contributed by atoms with Crippen molar-refractivity contribution in [3.05, 3.63) is 58.1 Å². The summed E-state index contributed by atoms with van der Waals surface area (Å²) >= 11 is 6.52. The van der Waals surface area contributed by atoms with Crippen LogP contribution in [-0.4, -0.2) is 24.0 Å². The number of anilines is 2. The third kappa shape index (κ3) is 2.63. The number of hydrogen-bond acceptors (Lipinski definition) is 4. The fourth-order valence-corrected chi connectivity index (χ4v) is 6.49. The van der Waals surface area contributed by atoms with E-state index in [1.807, 2.05) is 12.1 Å². The van der Waals surface area contributed by atoms with E-state index in [0.717, 1.165) is 43.0 Å². The highest BCUT2D eigenvalue weighted by atomic mass is 35.5. The van der Waals surface area contributed by atoms with Crippen molar-refractivity contribution < 1.29 is 5.11 Å². The molecule has 1 aliphatic carbocycles. The molecule has 1 saturated heterocycles. The molecule has 2 aromatic carbocycles. The predicted molar refractivity (Wildman–Crippen MR) is 122 cm³/mol. The van der Waals surface area contributed by atoms with Crippen molar-refractivity contribution in [2.75, 3.05) is 18.0 Å². The molecule has 2 N–H and O–H groups in total. The molecule has 0 radical (unpaired) electrons. The lowest BCUT2D eigenvalue weighted by molar-refractivity contribution is 0.185. The maximum Gasteiger partial charge on any atom is 0.176 e. The average Bonchev–Trinajstić information content (AvgIpc) is 3.04. The normalized spacial score (nSPS) is 24.9. The van der Waals surface area contributed by atoms with Gasteiger partial charge in [-0.1, -0.05) is 49.1 Å². The Morgan fingerprint density at radius 1 is 1.03 bits per heavy atom. The van der Waals surface area contributed by atoms with Gasteiger partial charge in [-0.05, 0) is 74.0 Å². The maximum absolute atomic E-state index is 10.9. The molecule has 1 saturated carbocycles. The summed E-state index contributed by atoms with van der Waals surface area (Å²) in [7, 11) is 0. The molecule has 1 atom stereocenters. The van der Waals surface area contributed by atoms with Crippen LogP contribution in [-0.2, 0) is 5.41 Å². The van der Waals surface area contributed by atoms with Crippen LogP contribution in [0.5, 0.6) is 0 Å². The maximum atomic E-state index is 10.9. The smallest absolute Gasteiger partial charge is 0.176 e. The zero-order chi connectivity index (χ0) is 20.3. The van der Waals surface area contributed by atoms with E-state index in [0.29, 0.717) is 10.9 Å². The van der Waals surface area contributed by atoms with Gasteiger partial charge in [-0.2, -0.15) is 0 Å². The second-order valence-electron chi connectivity index (χ2n) is 9.28. The van der Waals surface area contributed by atoms with Crippen LogP contribution in [0.15, 0.2) is 41.4 Å². The Hall–Kier alpha value is -1.88. The van der Waals surface area contributed by atoms with Gasteiger partial charge in [0.1, 0.15) is 5.84 Å². The molecule has 4 nitrogen and oxygen atoms in total. The van der Waals surface area contributed by atoms with Crippen molar-refractivity contribution in [1.82, 2.24) is 5.32 Å². The third-order valence-electron chi connectivity index (χ3n) is 7.71. The second-order valence-corrected chi connectivity index (χ2v) is 9.69. The zero-order valence-electron chi connectivity index (χ0n) is 17.2. The van der Waals surface area contributed by atoms with Crippen molar-refractivity contribution in [2.24, 2.45) is 4.99 Å². The number of rotatable bonds is 1. The first-order valence-electron chi connectivity index (χ1n) is 11.4. The number of amidine groups is 1. The molecule has 156 valence electrons. The zero-order valence-corrected chi connectivity index (χ0v) is 18.0. The molecular weight excluding hydrogens is 394 g/mol. The van der Waals surface area contributed by atoms with Crippen LogP contribution in [0, 0.1) is 0 Å². The van der Waals surface area contributed by atoms with E-state index in [1.165, 1.54) is 48.9 Å². The molecule has 4 aliphatic rings. The Kier molecular flexibility index (Phi) is 4.45. The van der Waals surface area contributed by atoms with Crippen LogP contribution in [0.25, 0.3) is 0 Å². The molecule has 2 aromatic rings. The van der Waals surface area contributed by atoms with Crippen LogP contribution in [0.1, 0.15) is 73.8 Å².